The molecule has 1 amide bonds. The number of para-hydroxylation sites is 2. The summed E-state index contributed by atoms with van der Waals surface area (Å²) in [7, 11) is 6.38. The molecule has 1 N–H and O–H groups in total. The molecule has 1 atom stereocenters. The molecule has 1 fully saturated rings. The molecule has 0 aliphatic carbocycles. The number of carbonyl (C=O) groups is 1. The van der Waals surface area contributed by atoms with E-state index in [1.54, 1.807) is 30.3 Å². The van der Waals surface area contributed by atoms with Crippen LogP contribution in [0.1, 0.15) is 46.7 Å². The molecule has 10 nitrogen and oxygen atoms in total. The number of hydrogen-bond acceptors (Lipinski definition) is 8. The van der Waals surface area contributed by atoms with Gasteiger partial charge in [-0.3, -0.25) is 9.78 Å². The smallest absolute Gasteiger partial charge is 0.253 e. The summed E-state index contributed by atoms with van der Waals surface area (Å²) >= 11 is 0. The Bertz CT molecular complexity index is 1850. The van der Waals surface area contributed by atoms with Crippen molar-refractivity contribution in [3.8, 4) is 17.2 Å². The van der Waals surface area contributed by atoms with Crippen LogP contribution in [0.3, 0.4) is 0 Å². The summed E-state index contributed by atoms with van der Waals surface area (Å²) in [6, 6.07) is 22.5. The maximum absolute atomic E-state index is 13.9. The van der Waals surface area contributed by atoms with Gasteiger partial charge in [0.25, 0.3) is 5.91 Å². The number of amides is 1. The summed E-state index contributed by atoms with van der Waals surface area (Å²) in [5.74, 6) is 1.71. The molecule has 50 heavy (non-hydrogen) atoms. The minimum atomic E-state index is -0.280. The SMILES string of the molecule is COc1cc(C(=O)N(C)CC(CCN2CCC(Nc3nc4ccccc4n3Cc3cccnc3)CC2)c2ccc(F)cc2)cc(OC)c1OC. The topological polar surface area (TPSA) is 94.0 Å². The Hall–Kier alpha value is -5.16. The molecule has 262 valence electrons. The minimum Gasteiger partial charge on any atom is -0.493 e. The van der Waals surface area contributed by atoms with E-state index in [1.165, 1.54) is 33.5 Å². The number of benzene rings is 3. The lowest BCUT2D eigenvalue weighted by molar-refractivity contribution is 0.0781. The zero-order valence-corrected chi connectivity index (χ0v) is 29.1. The number of nitrogens with one attached hydrogen (secondary N) is 1. The first-order valence-corrected chi connectivity index (χ1v) is 17.0. The fraction of sp³-hybridized carbons (Fsp3) is 0.359. The Kier molecular flexibility index (Phi) is 11.1. The molecule has 1 aliphatic rings. The van der Waals surface area contributed by atoms with Crippen molar-refractivity contribution in [1.82, 2.24) is 24.3 Å². The standard InChI is InChI=1S/C39H45FN6O4/c1-44(38(47)30-22-35(48-2)37(50-4)36(23-30)49-3)26-29(28-11-13-31(40)14-12-28)15-19-45-20-16-32(17-21-45)42-39-43-33-9-5-6-10-34(33)46(39)25-27-8-7-18-41-24-27/h5-14,18,22-24,29,32H,15-17,19-21,25-26H2,1-4H3,(H,42,43). The first kappa shape index (κ1) is 34.7. The third kappa shape index (κ3) is 8.00. The van der Waals surface area contributed by atoms with E-state index in [9.17, 15) is 9.18 Å². The lowest BCUT2D eigenvalue weighted by Gasteiger charge is -2.34. The van der Waals surface area contributed by atoms with Crippen molar-refractivity contribution in [2.75, 3.05) is 59.9 Å². The minimum absolute atomic E-state index is 0.00909. The summed E-state index contributed by atoms with van der Waals surface area (Å²) < 4.78 is 32.5. The van der Waals surface area contributed by atoms with Crippen LogP contribution in [-0.4, -0.2) is 90.8 Å². The van der Waals surface area contributed by atoms with Gasteiger partial charge in [-0.2, -0.15) is 0 Å². The molecule has 1 unspecified atom stereocenters. The Balaban J connectivity index is 1.10. The number of carbonyl (C=O) groups excluding carboxylic acids is 1. The lowest BCUT2D eigenvalue weighted by atomic mass is 9.94. The molecular weight excluding hydrogens is 635 g/mol. The number of aromatic nitrogens is 3. The molecule has 0 saturated carbocycles. The number of anilines is 1. The van der Waals surface area contributed by atoms with Gasteiger partial charge in [-0.15, -0.1) is 0 Å². The van der Waals surface area contributed by atoms with E-state index in [-0.39, 0.29) is 17.6 Å². The van der Waals surface area contributed by atoms with Crippen molar-refractivity contribution >= 4 is 22.9 Å². The van der Waals surface area contributed by atoms with Gasteiger partial charge in [-0.1, -0.05) is 30.3 Å². The Morgan fingerprint density at radius 1 is 0.980 bits per heavy atom. The Labute approximate surface area is 292 Å². The second-order valence-corrected chi connectivity index (χ2v) is 12.8. The van der Waals surface area contributed by atoms with Gasteiger partial charge >= 0.3 is 0 Å². The van der Waals surface area contributed by atoms with Gasteiger partial charge in [-0.25, -0.2) is 9.37 Å². The molecule has 11 heteroatoms. The number of methoxy groups -OCH3 is 3. The molecule has 3 aromatic carbocycles. The van der Waals surface area contributed by atoms with Crippen molar-refractivity contribution in [3.63, 3.8) is 0 Å². The third-order valence-corrected chi connectivity index (χ3v) is 9.53. The average molecular weight is 681 g/mol. The molecule has 0 spiro atoms. The molecule has 3 heterocycles. The van der Waals surface area contributed by atoms with Crippen molar-refractivity contribution in [2.24, 2.45) is 0 Å². The molecule has 6 rings (SSSR count). The average Bonchev–Trinajstić information content (AvgIpc) is 3.49. The van der Waals surface area contributed by atoms with Crippen LogP contribution in [0, 0.1) is 5.82 Å². The van der Waals surface area contributed by atoms with Crippen LogP contribution in [0.4, 0.5) is 10.3 Å². The van der Waals surface area contributed by atoms with Gasteiger partial charge in [0.2, 0.25) is 11.7 Å². The fourth-order valence-corrected chi connectivity index (χ4v) is 6.78. The molecule has 1 saturated heterocycles. The van der Waals surface area contributed by atoms with Crippen LogP contribution in [0.2, 0.25) is 0 Å². The molecule has 2 aromatic heterocycles. The number of halogens is 1. The number of ether oxygens (including phenoxy) is 3. The van der Waals surface area contributed by atoms with E-state index in [4.69, 9.17) is 19.2 Å². The van der Waals surface area contributed by atoms with Gasteiger partial charge in [0.05, 0.1) is 38.9 Å². The number of fused-ring (bicyclic) bond motifs is 1. The maximum Gasteiger partial charge on any atom is 0.253 e. The van der Waals surface area contributed by atoms with E-state index < -0.39 is 0 Å². The van der Waals surface area contributed by atoms with E-state index >= 15 is 0 Å². The number of likely N-dealkylation sites (tertiary alicyclic amines) is 1. The molecule has 0 bridgehead atoms. The van der Waals surface area contributed by atoms with Crippen molar-refractivity contribution in [2.45, 2.75) is 37.8 Å². The summed E-state index contributed by atoms with van der Waals surface area (Å²) in [5.41, 5.74) is 4.62. The van der Waals surface area contributed by atoms with Crippen LogP contribution >= 0.6 is 0 Å². The number of imidazole rings is 1. The predicted molar refractivity (Wildman–Crippen MR) is 193 cm³/mol. The first-order chi connectivity index (χ1) is 24.4. The number of nitrogens with zero attached hydrogens (tertiary/aromatic N) is 5. The van der Waals surface area contributed by atoms with Crippen molar-refractivity contribution in [3.05, 3.63) is 108 Å². The summed E-state index contributed by atoms with van der Waals surface area (Å²) in [5, 5.41) is 3.75. The summed E-state index contributed by atoms with van der Waals surface area (Å²) in [4.78, 5) is 27.1. The molecule has 0 radical (unpaired) electrons. The number of pyridine rings is 1. The van der Waals surface area contributed by atoms with E-state index in [0.717, 1.165) is 67.0 Å². The molecule has 1 aliphatic heterocycles. The number of hydrogen-bond donors (Lipinski definition) is 1. The van der Waals surface area contributed by atoms with E-state index in [2.05, 4.69) is 38.0 Å². The third-order valence-electron chi connectivity index (χ3n) is 9.53. The second kappa shape index (κ2) is 16.0. The normalized spacial score (nSPS) is 14.3. The number of likely N-dealkylation sites (N-methyl/N-ethyl adjacent to an activating group) is 1. The summed E-state index contributed by atoms with van der Waals surface area (Å²) in [6.45, 7) is 3.90. The highest BCUT2D eigenvalue weighted by atomic mass is 19.1. The highest BCUT2D eigenvalue weighted by Crippen LogP contribution is 2.38. The van der Waals surface area contributed by atoms with Crippen LogP contribution in [-0.2, 0) is 6.54 Å². The molecule has 5 aromatic rings. The highest BCUT2D eigenvalue weighted by molar-refractivity contribution is 5.95. The zero-order valence-electron chi connectivity index (χ0n) is 29.1. The van der Waals surface area contributed by atoms with Gasteiger partial charge in [0.15, 0.2) is 11.5 Å². The van der Waals surface area contributed by atoms with Crippen LogP contribution < -0.4 is 19.5 Å². The van der Waals surface area contributed by atoms with Crippen LogP contribution in [0.15, 0.2) is 85.2 Å². The van der Waals surface area contributed by atoms with Gasteiger partial charge in [-0.05, 0) is 79.4 Å². The monoisotopic (exact) mass is 680 g/mol. The lowest BCUT2D eigenvalue weighted by Crippen LogP contribution is -2.40. The second-order valence-electron chi connectivity index (χ2n) is 12.8. The first-order valence-electron chi connectivity index (χ1n) is 17.0. The quantitative estimate of drug-likeness (QED) is 0.143. The summed E-state index contributed by atoms with van der Waals surface area (Å²) in [6.07, 6.45) is 6.47. The van der Waals surface area contributed by atoms with Gasteiger partial charge in [0, 0.05) is 56.6 Å². The van der Waals surface area contributed by atoms with Crippen LogP contribution in [0.5, 0.6) is 17.2 Å². The van der Waals surface area contributed by atoms with Crippen LogP contribution in [0.25, 0.3) is 11.0 Å². The number of piperidine rings is 1. The van der Waals surface area contributed by atoms with Gasteiger partial charge in [0.1, 0.15) is 5.82 Å². The van der Waals surface area contributed by atoms with Crippen molar-refractivity contribution < 1.29 is 23.4 Å². The Morgan fingerprint density at radius 3 is 2.36 bits per heavy atom. The van der Waals surface area contributed by atoms with Crippen molar-refractivity contribution in [1.29, 1.82) is 0 Å². The Morgan fingerprint density at radius 2 is 1.70 bits per heavy atom. The van der Waals surface area contributed by atoms with E-state index in [1.807, 2.05) is 36.5 Å². The fourth-order valence-electron chi connectivity index (χ4n) is 6.78. The zero-order chi connectivity index (χ0) is 35.0. The highest BCUT2D eigenvalue weighted by Gasteiger charge is 2.25. The molecular formula is C39H45FN6O4. The van der Waals surface area contributed by atoms with E-state index in [0.29, 0.717) is 41.9 Å². The number of rotatable bonds is 14. The maximum atomic E-state index is 13.9. The van der Waals surface area contributed by atoms with Gasteiger partial charge < -0.3 is 33.9 Å². The predicted octanol–water partition coefficient (Wildman–Crippen LogP) is 6.47. The largest absolute Gasteiger partial charge is 0.493 e.